The molecule has 2 rings (SSSR count). The predicted molar refractivity (Wildman–Crippen MR) is 107 cm³/mol. The van der Waals surface area contributed by atoms with Crippen LogP contribution in [0.15, 0.2) is 60.7 Å². The Balaban J connectivity index is 2.49. The highest BCUT2D eigenvalue weighted by Gasteiger charge is 2.38. The lowest BCUT2D eigenvalue weighted by Gasteiger charge is -2.35. The third kappa shape index (κ3) is 5.06. The summed E-state index contributed by atoms with van der Waals surface area (Å²) in [5.74, 6) is -0.0687. The normalized spacial score (nSPS) is 14.8. The van der Waals surface area contributed by atoms with Gasteiger partial charge in [-0.3, -0.25) is 4.79 Å². The molecule has 4 nitrogen and oxygen atoms in total. The van der Waals surface area contributed by atoms with Crippen LogP contribution in [0.25, 0.3) is 0 Å². The molecule has 0 heterocycles. The lowest BCUT2D eigenvalue weighted by molar-refractivity contribution is -0.145. The number of methoxy groups -OCH3 is 1. The Morgan fingerprint density at radius 3 is 2.08 bits per heavy atom. The summed E-state index contributed by atoms with van der Waals surface area (Å²) < 4.78 is 20.8. The maximum absolute atomic E-state index is 13.9. The van der Waals surface area contributed by atoms with Gasteiger partial charge in [-0.1, -0.05) is 74.5 Å². The number of benzene rings is 2. The second kappa shape index (κ2) is 9.16. The lowest BCUT2D eigenvalue weighted by Crippen LogP contribution is -2.42. The van der Waals surface area contributed by atoms with Gasteiger partial charge in [-0.2, -0.15) is 0 Å². The van der Waals surface area contributed by atoms with Gasteiger partial charge in [-0.15, -0.1) is 0 Å². The zero-order chi connectivity index (χ0) is 19.2. The molecule has 2 aromatic rings. The SMILES string of the molecule is COC(=O)[C@@H](CC(C)C)N(Cc1ccccc1)P(C)(=O)c1ccccc1. The van der Waals surface area contributed by atoms with E-state index in [-0.39, 0.29) is 11.9 Å². The summed E-state index contributed by atoms with van der Waals surface area (Å²) in [4.78, 5) is 12.6. The van der Waals surface area contributed by atoms with Gasteiger partial charge in [0, 0.05) is 18.5 Å². The van der Waals surface area contributed by atoms with Gasteiger partial charge in [0.05, 0.1) is 7.11 Å². The van der Waals surface area contributed by atoms with Gasteiger partial charge in [-0.25, -0.2) is 4.67 Å². The van der Waals surface area contributed by atoms with Gasteiger partial charge in [0.15, 0.2) is 7.29 Å². The summed E-state index contributed by atoms with van der Waals surface area (Å²) >= 11 is 0. The minimum atomic E-state index is -2.97. The first-order valence-electron chi connectivity index (χ1n) is 8.88. The Morgan fingerprint density at radius 1 is 1.04 bits per heavy atom. The Bertz CT molecular complexity index is 746. The van der Waals surface area contributed by atoms with Gasteiger partial charge in [0.1, 0.15) is 6.04 Å². The van der Waals surface area contributed by atoms with E-state index < -0.39 is 13.3 Å². The molecule has 1 unspecified atom stereocenters. The van der Waals surface area contributed by atoms with Crippen LogP contribution < -0.4 is 5.30 Å². The summed E-state index contributed by atoms with van der Waals surface area (Å²) in [6.07, 6.45) is 0.587. The molecule has 0 N–H and O–H groups in total. The van der Waals surface area contributed by atoms with Crippen LogP contribution in [0.5, 0.6) is 0 Å². The van der Waals surface area contributed by atoms with Crippen molar-refractivity contribution >= 4 is 18.6 Å². The largest absolute Gasteiger partial charge is 0.468 e. The predicted octanol–water partition coefficient (Wildman–Crippen LogP) is 4.31. The highest BCUT2D eigenvalue weighted by atomic mass is 31.2. The molecular weight excluding hydrogens is 345 g/mol. The van der Waals surface area contributed by atoms with Crippen molar-refractivity contribution in [2.45, 2.75) is 32.9 Å². The van der Waals surface area contributed by atoms with Crippen LogP contribution in [-0.4, -0.2) is 30.5 Å². The molecule has 0 aliphatic carbocycles. The minimum Gasteiger partial charge on any atom is -0.468 e. The van der Waals surface area contributed by atoms with E-state index in [4.69, 9.17) is 4.74 Å². The maximum Gasteiger partial charge on any atom is 0.323 e. The first kappa shape index (κ1) is 20.4. The molecule has 0 aliphatic rings. The average Bonchev–Trinajstić information content (AvgIpc) is 2.65. The van der Waals surface area contributed by atoms with Crippen molar-refractivity contribution in [3.05, 3.63) is 66.2 Å². The highest BCUT2D eigenvalue weighted by molar-refractivity contribution is 7.68. The van der Waals surface area contributed by atoms with Crippen LogP contribution >= 0.6 is 7.29 Å². The molecule has 0 aliphatic heterocycles. The molecule has 0 spiro atoms. The Kier molecular flexibility index (Phi) is 7.19. The molecule has 140 valence electrons. The van der Waals surface area contributed by atoms with Crippen LogP contribution in [0.1, 0.15) is 25.8 Å². The van der Waals surface area contributed by atoms with E-state index in [1.54, 1.807) is 6.66 Å². The highest BCUT2D eigenvalue weighted by Crippen LogP contribution is 2.48. The van der Waals surface area contributed by atoms with Crippen LogP contribution in [-0.2, 0) is 20.6 Å². The van der Waals surface area contributed by atoms with Crippen molar-refractivity contribution in [2.24, 2.45) is 5.92 Å². The number of hydrogen-bond acceptors (Lipinski definition) is 3. The standard InChI is InChI=1S/C21H28NO3P/c1-17(2)15-20(21(23)25-3)22(16-18-11-7-5-8-12-18)26(4,24)19-13-9-6-10-14-19/h5-14,17,20H,15-16H2,1-4H3/t20-,26?/m1/s1. The molecule has 2 aromatic carbocycles. The van der Waals surface area contributed by atoms with E-state index in [9.17, 15) is 9.36 Å². The molecule has 0 fully saturated rings. The fourth-order valence-electron chi connectivity index (χ4n) is 3.06. The Morgan fingerprint density at radius 2 is 1.58 bits per heavy atom. The first-order chi connectivity index (χ1) is 12.4. The quantitative estimate of drug-likeness (QED) is 0.511. The summed E-state index contributed by atoms with van der Waals surface area (Å²) in [5.41, 5.74) is 1.02. The number of ether oxygens (including phenoxy) is 1. The van der Waals surface area contributed by atoms with E-state index in [1.165, 1.54) is 7.11 Å². The molecule has 0 amide bonds. The minimum absolute atomic E-state index is 0.271. The molecule has 0 aromatic heterocycles. The maximum atomic E-state index is 13.9. The molecule has 5 heteroatoms. The fourth-order valence-corrected chi connectivity index (χ4v) is 5.23. The van der Waals surface area contributed by atoms with Gasteiger partial charge in [0.2, 0.25) is 0 Å². The second-order valence-electron chi connectivity index (χ2n) is 6.97. The number of carbonyl (C=O) groups is 1. The Labute approximate surface area is 156 Å². The van der Waals surface area contributed by atoms with Crippen LogP contribution in [0, 0.1) is 5.92 Å². The van der Waals surface area contributed by atoms with E-state index in [2.05, 4.69) is 13.8 Å². The van der Waals surface area contributed by atoms with Gasteiger partial charge in [-0.05, 0) is 17.9 Å². The summed E-state index contributed by atoms with van der Waals surface area (Å²) in [6.45, 7) is 6.27. The van der Waals surface area contributed by atoms with Gasteiger partial charge in [0.25, 0.3) is 0 Å². The monoisotopic (exact) mass is 373 g/mol. The smallest absolute Gasteiger partial charge is 0.323 e. The number of hydrogen-bond donors (Lipinski definition) is 0. The van der Waals surface area contributed by atoms with Crippen molar-refractivity contribution in [3.8, 4) is 0 Å². The summed E-state index contributed by atoms with van der Waals surface area (Å²) in [5, 5.41) is 0.744. The van der Waals surface area contributed by atoms with Crippen molar-refractivity contribution in [3.63, 3.8) is 0 Å². The topological polar surface area (TPSA) is 46.6 Å². The third-order valence-electron chi connectivity index (χ3n) is 4.44. The van der Waals surface area contributed by atoms with E-state index in [1.807, 2.05) is 65.3 Å². The van der Waals surface area contributed by atoms with Crippen molar-refractivity contribution in [1.29, 1.82) is 0 Å². The fraction of sp³-hybridized carbons (Fsp3) is 0.381. The van der Waals surface area contributed by atoms with Gasteiger partial charge < -0.3 is 9.30 Å². The van der Waals surface area contributed by atoms with Crippen molar-refractivity contribution < 1.29 is 14.1 Å². The van der Waals surface area contributed by atoms with Crippen LogP contribution in [0.2, 0.25) is 0 Å². The zero-order valence-corrected chi connectivity index (χ0v) is 16.9. The number of rotatable bonds is 8. The zero-order valence-electron chi connectivity index (χ0n) is 16.0. The third-order valence-corrected chi connectivity index (χ3v) is 7.10. The molecule has 0 bridgehead atoms. The van der Waals surface area contributed by atoms with E-state index >= 15 is 0 Å². The van der Waals surface area contributed by atoms with E-state index in [0.29, 0.717) is 13.0 Å². The van der Waals surface area contributed by atoms with Crippen LogP contribution in [0.3, 0.4) is 0 Å². The first-order valence-corrected chi connectivity index (χ1v) is 11.0. The van der Waals surface area contributed by atoms with Crippen LogP contribution in [0.4, 0.5) is 0 Å². The lowest BCUT2D eigenvalue weighted by atomic mass is 10.0. The molecule has 0 saturated heterocycles. The number of esters is 1. The van der Waals surface area contributed by atoms with Crippen molar-refractivity contribution in [1.82, 2.24) is 4.67 Å². The molecule has 0 radical (unpaired) electrons. The number of carbonyl (C=O) groups excluding carboxylic acids is 1. The molecular formula is C21H28NO3P. The molecule has 26 heavy (non-hydrogen) atoms. The average molecular weight is 373 g/mol. The number of nitrogens with zero attached hydrogens (tertiary/aromatic N) is 1. The molecule has 0 saturated carbocycles. The van der Waals surface area contributed by atoms with E-state index in [0.717, 1.165) is 10.9 Å². The van der Waals surface area contributed by atoms with Crippen molar-refractivity contribution in [2.75, 3.05) is 13.8 Å². The molecule has 2 atom stereocenters. The summed E-state index contributed by atoms with van der Waals surface area (Å²) in [6, 6.07) is 18.6. The van der Waals surface area contributed by atoms with Gasteiger partial charge >= 0.3 is 5.97 Å². The summed E-state index contributed by atoms with van der Waals surface area (Å²) in [7, 11) is -1.58. The Hall–Kier alpha value is -1.90. The second-order valence-corrected chi connectivity index (χ2v) is 9.75.